The summed E-state index contributed by atoms with van der Waals surface area (Å²) in [5.41, 5.74) is 0.888. The predicted octanol–water partition coefficient (Wildman–Crippen LogP) is 6.94. The van der Waals surface area contributed by atoms with Gasteiger partial charge in [0.25, 0.3) is 0 Å². The van der Waals surface area contributed by atoms with E-state index in [2.05, 4.69) is 13.5 Å². The first-order valence-corrected chi connectivity index (χ1v) is 10.8. The minimum absolute atomic E-state index is 0.205. The van der Waals surface area contributed by atoms with Crippen LogP contribution in [0.5, 0.6) is 5.75 Å². The van der Waals surface area contributed by atoms with Gasteiger partial charge in [-0.3, -0.25) is 4.79 Å². The molecule has 2 rings (SSSR count). The number of carbonyl (C=O) groups excluding carboxylic acids is 2. The largest absolute Gasteiger partial charge is 0.422 e. The summed E-state index contributed by atoms with van der Waals surface area (Å²) >= 11 is 0. The second-order valence-electron chi connectivity index (χ2n) is 7.55. The van der Waals surface area contributed by atoms with E-state index in [9.17, 15) is 9.59 Å². The molecule has 2 aromatic rings. The molecule has 0 heterocycles. The van der Waals surface area contributed by atoms with Gasteiger partial charge < -0.3 is 4.74 Å². The first kappa shape index (κ1) is 23.4. The van der Waals surface area contributed by atoms with E-state index < -0.39 is 12.1 Å². The van der Waals surface area contributed by atoms with Crippen LogP contribution in [-0.2, 0) is 4.79 Å². The Morgan fingerprint density at radius 2 is 1.63 bits per heavy atom. The van der Waals surface area contributed by atoms with Crippen LogP contribution in [0.1, 0.15) is 64.0 Å². The summed E-state index contributed by atoms with van der Waals surface area (Å²) in [6.07, 6.45) is 6.72. The van der Waals surface area contributed by atoms with Gasteiger partial charge in [-0.25, -0.2) is 9.69 Å². The van der Waals surface area contributed by atoms with Crippen molar-refractivity contribution in [3.8, 4) is 5.75 Å². The van der Waals surface area contributed by atoms with E-state index >= 15 is 0 Å². The van der Waals surface area contributed by atoms with Gasteiger partial charge in [-0.15, -0.1) is 6.58 Å². The van der Waals surface area contributed by atoms with E-state index in [1.165, 1.54) is 4.90 Å². The standard InChI is InChI=1S/C26H33NO3/c1-4-6-7-10-18-23(15-5-2)25(28)27(21(3)22-16-11-8-12-17-22)26(29)30-24-19-13-9-14-20-24/h5,8-9,11-14,16-17,19-21,23H,2,4,6-7,10,15,18H2,1,3H3/t21-,23?/m1/s1. The lowest BCUT2D eigenvalue weighted by atomic mass is 9.94. The zero-order valence-electron chi connectivity index (χ0n) is 18.1. The van der Waals surface area contributed by atoms with Crippen molar-refractivity contribution in [2.24, 2.45) is 5.92 Å². The fourth-order valence-corrected chi connectivity index (χ4v) is 3.52. The average molecular weight is 408 g/mol. The van der Waals surface area contributed by atoms with Crippen LogP contribution in [0, 0.1) is 5.92 Å². The molecule has 0 fully saturated rings. The van der Waals surface area contributed by atoms with E-state index in [0.29, 0.717) is 12.2 Å². The number of rotatable bonds is 11. The third-order valence-electron chi connectivity index (χ3n) is 5.26. The third-order valence-corrected chi connectivity index (χ3v) is 5.26. The SMILES string of the molecule is C=CCC(CCCCCC)C(=O)N(C(=O)Oc1ccccc1)[C@H](C)c1ccccc1. The molecular formula is C26H33NO3. The molecule has 1 unspecified atom stereocenters. The molecule has 0 aromatic heterocycles. The first-order valence-electron chi connectivity index (χ1n) is 10.8. The van der Waals surface area contributed by atoms with Crippen molar-refractivity contribution in [1.29, 1.82) is 0 Å². The number of ether oxygens (including phenoxy) is 1. The number of nitrogens with zero attached hydrogens (tertiary/aromatic N) is 1. The number of benzene rings is 2. The molecule has 0 aliphatic heterocycles. The highest BCUT2D eigenvalue weighted by Gasteiger charge is 2.34. The molecule has 2 amide bonds. The number of amides is 2. The molecule has 30 heavy (non-hydrogen) atoms. The molecule has 4 heteroatoms. The van der Waals surface area contributed by atoms with Gasteiger partial charge in [0.2, 0.25) is 5.91 Å². The number of para-hydroxylation sites is 1. The molecule has 2 atom stereocenters. The van der Waals surface area contributed by atoms with Crippen LogP contribution < -0.4 is 4.74 Å². The van der Waals surface area contributed by atoms with Gasteiger partial charge in [0.05, 0.1) is 6.04 Å². The van der Waals surface area contributed by atoms with E-state index in [4.69, 9.17) is 4.74 Å². The van der Waals surface area contributed by atoms with Gasteiger partial charge in [0.1, 0.15) is 5.75 Å². The lowest BCUT2D eigenvalue weighted by Gasteiger charge is -2.30. The zero-order valence-corrected chi connectivity index (χ0v) is 18.1. The minimum Gasteiger partial charge on any atom is -0.410 e. The van der Waals surface area contributed by atoms with E-state index in [1.54, 1.807) is 30.3 Å². The maximum Gasteiger partial charge on any atom is 0.422 e. The Hall–Kier alpha value is -2.88. The molecular weight excluding hydrogens is 374 g/mol. The molecule has 2 aromatic carbocycles. The molecule has 0 bridgehead atoms. The summed E-state index contributed by atoms with van der Waals surface area (Å²) in [6, 6.07) is 18.0. The molecule has 0 aliphatic rings. The fraction of sp³-hybridized carbons (Fsp3) is 0.385. The zero-order chi connectivity index (χ0) is 21.8. The van der Waals surface area contributed by atoms with Gasteiger partial charge >= 0.3 is 6.09 Å². The van der Waals surface area contributed by atoms with Crippen LogP contribution >= 0.6 is 0 Å². The third kappa shape index (κ3) is 6.87. The van der Waals surface area contributed by atoms with E-state index in [-0.39, 0.29) is 11.8 Å². The van der Waals surface area contributed by atoms with Crippen molar-refractivity contribution in [2.75, 3.05) is 0 Å². The van der Waals surface area contributed by atoms with Crippen LogP contribution in [0.15, 0.2) is 73.3 Å². The summed E-state index contributed by atoms with van der Waals surface area (Å²) in [5.74, 6) is -0.0682. The second kappa shape index (κ2) is 12.6. The van der Waals surface area contributed by atoms with Crippen molar-refractivity contribution in [2.45, 2.75) is 58.4 Å². The lowest BCUT2D eigenvalue weighted by molar-refractivity contribution is -0.135. The van der Waals surface area contributed by atoms with Gasteiger partial charge in [0, 0.05) is 5.92 Å². The number of allylic oxidation sites excluding steroid dienone is 1. The highest BCUT2D eigenvalue weighted by Crippen LogP contribution is 2.27. The summed E-state index contributed by atoms with van der Waals surface area (Å²) in [7, 11) is 0. The molecule has 0 N–H and O–H groups in total. The highest BCUT2D eigenvalue weighted by atomic mass is 16.6. The van der Waals surface area contributed by atoms with Crippen LogP contribution in [0.2, 0.25) is 0 Å². The minimum atomic E-state index is -0.648. The number of hydrogen-bond acceptors (Lipinski definition) is 3. The average Bonchev–Trinajstić information content (AvgIpc) is 2.77. The molecule has 160 valence electrons. The Morgan fingerprint density at radius 3 is 2.23 bits per heavy atom. The Balaban J connectivity index is 2.26. The van der Waals surface area contributed by atoms with Gasteiger partial charge in [0.15, 0.2) is 0 Å². The molecule has 0 radical (unpaired) electrons. The van der Waals surface area contributed by atoms with E-state index in [0.717, 1.165) is 37.7 Å². The van der Waals surface area contributed by atoms with Crippen molar-refractivity contribution >= 4 is 12.0 Å². The number of carbonyl (C=O) groups is 2. The van der Waals surface area contributed by atoms with Crippen LogP contribution in [0.3, 0.4) is 0 Å². The van der Waals surface area contributed by atoms with Crippen molar-refractivity contribution in [1.82, 2.24) is 4.90 Å². The Morgan fingerprint density at radius 1 is 1.00 bits per heavy atom. The molecule has 4 nitrogen and oxygen atoms in total. The Labute approximate surface area is 180 Å². The summed E-state index contributed by atoms with van der Waals surface area (Å²) in [4.78, 5) is 27.9. The monoisotopic (exact) mass is 407 g/mol. The predicted molar refractivity (Wildman–Crippen MR) is 121 cm³/mol. The molecule has 0 saturated carbocycles. The topological polar surface area (TPSA) is 46.6 Å². The van der Waals surface area contributed by atoms with Crippen LogP contribution in [-0.4, -0.2) is 16.9 Å². The van der Waals surface area contributed by atoms with Gasteiger partial charge in [-0.05, 0) is 37.5 Å². The summed E-state index contributed by atoms with van der Waals surface area (Å²) in [6.45, 7) is 7.84. The maximum absolute atomic E-state index is 13.5. The summed E-state index contributed by atoms with van der Waals surface area (Å²) in [5, 5.41) is 0. The van der Waals surface area contributed by atoms with Crippen LogP contribution in [0.4, 0.5) is 4.79 Å². The Bertz CT molecular complexity index is 788. The Kier molecular flexibility index (Phi) is 9.85. The van der Waals surface area contributed by atoms with E-state index in [1.807, 2.05) is 43.3 Å². The molecule has 0 aliphatic carbocycles. The number of imide groups is 1. The highest BCUT2D eigenvalue weighted by molar-refractivity contribution is 5.94. The van der Waals surface area contributed by atoms with Gasteiger partial charge in [-0.2, -0.15) is 0 Å². The fourth-order valence-electron chi connectivity index (χ4n) is 3.52. The number of unbranched alkanes of at least 4 members (excludes halogenated alkanes) is 3. The first-order chi connectivity index (χ1) is 14.6. The van der Waals surface area contributed by atoms with Crippen molar-refractivity contribution in [3.63, 3.8) is 0 Å². The smallest absolute Gasteiger partial charge is 0.410 e. The van der Waals surface area contributed by atoms with Crippen molar-refractivity contribution in [3.05, 3.63) is 78.9 Å². The van der Waals surface area contributed by atoms with Crippen molar-refractivity contribution < 1.29 is 14.3 Å². The second-order valence-corrected chi connectivity index (χ2v) is 7.55. The summed E-state index contributed by atoms with van der Waals surface area (Å²) < 4.78 is 5.55. The van der Waals surface area contributed by atoms with Crippen LogP contribution in [0.25, 0.3) is 0 Å². The number of hydrogen-bond donors (Lipinski definition) is 0. The normalized spacial score (nSPS) is 12.6. The lowest BCUT2D eigenvalue weighted by Crippen LogP contribution is -2.44. The molecule has 0 saturated heterocycles. The maximum atomic E-state index is 13.5. The van der Waals surface area contributed by atoms with Gasteiger partial charge in [-0.1, -0.05) is 87.2 Å². The quantitative estimate of drug-likeness (QED) is 0.299. The molecule has 0 spiro atoms.